The molecule has 20 heavy (non-hydrogen) atoms. The zero-order valence-electron chi connectivity index (χ0n) is 12.2. The lowest BCUT2D eigenvalue weighted by molar-refractivity contribution is -0.163. The summed E-state index contributed by atoms with van der Waals surface area (Å²) in [5.74, 6) is -0.452. The van der Waals surface area contributed by atoms with Gasteiger partial charge in [-0.15, -0.1) is 0 Å². The fourth-order valence-electron chi connectivity index (χ4n) is 2.64. The van der Waals surface area contributed by atoms with Crippen molar-refractivity contribution in [3.8, 4) is 0 Å². The Hall–Kier alpha value is -0.980. The Morgan fingerprint density at radius 1 is 1.05 bits per heavy atom. The van der Waals surface area contributed by atoms with Crippen LogP contribution in [-0.2, 0) is 14.8 Å². The summed E-state index contributed by atoms with van der Waals surface area (Å²) in [4.78, 5) is 0.104. The van der Waals surface area contributed by atoms with Crippen LogP contribution in [0.1, 0.15) is 27.7 Å². The van der Waals surface area contributed by atoms with Gasteiger partial charge in [0.25, 0.3) is 0 Å². The van der Waals surface area contributed by atoms with Gasteiger partial charge in [0.1, 0.15) is 5.82 Å². The third-order valence-corrected chi connectivity index (χ3v) is 4.92. The van der Waals surface area contributed by atoms with Gasteiger partial charge in [0.2, 0.25) is 10.0 Å². The summed E-state index contributed by atoms with van der Waals surface area (Å²) in [6.45, 7) is 8.00. The SMILES string of the molecule is CC1(C)CN(S(=O)(=O)c2ccc(F)cc2)CC(C)(C)O1. The molecule has 1 heterocycles. The van der Waals surface area contributed by atoms with E-state index in [9.17, 15) is 12.8 Å². The highest BCUT2D eigenvalue weighted by Gasteiger charge is 2.43. The zero-order chi connectivity index (χ0) is 15.2. The van der Waals surface area contributed by atoms with Crippen LogP contribution in [-0.4, -0.2) is 37.0 Å². The minimum Gasteiger partial charge on any atom is -0.367 e. The third-order valence-electron chi connectivity index (χ3n) is 3.12. The molecule has 0 atom stereocenters. The maximum atomic E-state index is 12.9. The Kier molecular flexibility index (Phi) is 3.69. The summed E-state index contributed by atoms with van der Waals surface area (Å²) in [7, 11) is -3.63. The van der Waals surface area contributed by atoms with Gasteiger partial charge in [-0.3, -0.25) is 0 Å². The van der Waals surface area contributed by atoms with Gasteiger partial charge in [0.05, 0.1) is 16.1 Å². The Labute approximate surface area is 119 Å². The first kappa shape index (κ1) is 15.4. The van der Waals surface area contributed by atoms with Crippen LogP contribution in [0.4, 0.5) is 4.39 Å². The van der Waals surface area contributed by atoms with Crippen molar-refractivity contribution in [1.29, 1.82) is 0 Å². The van der Waals surface area contributed by atoms with Crippen molar-refractivity contribution >= 4 is 10.0 Å². The number of hydrogen-bond acceptors (Lipinski definition) is 3. The minimum atomic E-state index is -3.63. The molecule has 0 unspecified atom stereocenters. The fraction of sp³-hybridized carbons (Fsp3) is 0.571. The number of sulfonamides is 1. The van der Waals surface area contributed by atoms with E-state index in [0.717, 1.165) is 12.1 Å². The van der Waals surface area contributed by atoms with Crippen molar-refractivity contribution < 1.29 is 17.5 Å². The van der Waals surface area contributed by atoms with E-state index < -0.39 is 27.0 Å². The molecule has 0 spiro atoms. The molecule has 1 aliphatic rings. The molecule has 0 bridgehead atoms. The van der Waals surface area contributed by atoms with Crippen LogP contribution < -0.4 is 0 Å². The standard InChI is InChI=1S/C14H20FNO3S/c1-13(2)9-16(10-14(3,4)19-13)20(17,18)12-7-5-11(15)6-8-12/h5-8H,9-10H2,1-4H3. The lowest BCUT2D eigenvalue weighted by Crippen LogP contribution is -2.58. The molecule has 1 aromatic rings. The van der Waals surface area contributed by atoms with E-state index >= 15 is 0 Å². The molecular formula is C14H20FNO3S. The second kappa shape index (κ2) is 4.79. The van der Waals surface area contributed by atoms with Crippen molar-refractivity contribution in [2.75, 3.05) is 13.1 Å². The molecule has 6 heteroatoms. The lowest BCUT2D eigenvalue weighted by Gasteiger charge is -2.46. The molecule has 0 N–H and O–H groups in total. The minimum absolute atomic E-state index is 0.104. The van der Waals surface area contributed by atoms with Gasteiger partial charge >= 0.3 is 0 Å². The second-order valence-electron chi connectivity index (χ2n) is 6.35. The highest BCUT2D eigenvalue weighted by Crippen LogP contribution is 2.31. The Morgan fingerprint density at radius 3 is 1.95 bits per heavy atom. The van der Waals surface area contributed by atoms with Crippen molar-refractivity contribution in [1.82, 2.24) is 4.31 Å². The molecule has 0 aromatic heterocycles. The molecular weight excluding hydrogens is 281 g/mol. The molecule has 1 aliphatic heterocycles. The summed E-state index contributed by atoms with van der Waals surface area (Å²) in [5, 5.41) is 0. The maximum absolute atomic E-state index is 12.9. The number of hydrogen-bond donors (Lipinski definition) is 0. The summed E-state index contributed by atoms with van der Waals surface area (Å²) in [6, 6.07) is 4.90. The van der Waals surface area contributed by atoms with Crippen LogP contribution >= 0.6 is 0 Å². The quantitative estimate of drug-likeness (QED) is 0.842. The van der Waals surface area contributed by atoms with Gasteiger partial charge in [-0.1, -0.05) is 0 Å². The van der Waals surface area contributed by atoms with Crippen LogP contribution in [0.25, 0.3) is 0 Å². The molecule has 1 fully saturated rings. The van der Waals surface area contributed by atoms with Gasteiger partial charge in [0.15, 0.2) is 0 Å². The Morgan fingerprint density at radius 2 is 1.50 bits per heavy atom. The second-order valence-corrected chi connectivity index (χ2v) is 8.29. The van der Waals surface area contributed by atoms with Gasteiger partial charge < -0.3 is 4.74 Å². The number of rotatable bonds is 2. The highest BCUT2D eigenvalue weighted by atomic mass is 32.2. The highest BCUT2D eigenvalue weighted by molar-refractivity contribution is 7.89. The van der Waals surface area contributed by atoms with Crippen molar-refractivity contribution in [2.24, 2.45) is 0 Å². The number of benzene rings is 1. The van der Waals surface area contributed by atoms with E-state index in [2.05, 4.69) is 0 Å². The normalized spacial score (nSPS) is 22.6. The van der Waals surface area contributed by atoms with Crippen LogP contribution in [0.2, 0.25) is 0 Å². The average molecular weight is 301 g/mol. The van der Waals surface area contributed by atoms with E-state index in [1.807, 2.05) is 27.7 Å². The summed E-state index contributed by atoms with van der Waals surface area (Å²) in [5.41, 5.74) is -1.12. The van der Waals surface area contributed by atoms with Gasteiger partial charge in [-0.25, -0.2) is 12.8 Å². The van der Waals surface area contributed by atoms with Gasteiger partial charge in [-0.05, 0) is 52.0 Å². The van der Waals surface area contributed by atoms with Crippen LogP contribution in [0.15, 0.2) is 29.2 Å². The number of halogens is 1. The van der Waals surface area contributed by atoms with E-state index in [0.29, 0.717) is 0 Å². The average Bonchev–Trinajstić information content (AvgIpc) is 2.25. The topological polar surface area (TPSA) is 46.6 Å². The third kappa shape index (κ3) is 3.19. The van der Waals surface area contributed by atoms with Crippen LogP contribution in [0, 0.1) is 5.82 Å². The zero-order valence-corrected chi connectivity index (χ0v) is 13.0. The molecule has 0 radical (unpaired) electrons. The first-order valence-corrected chi connectivity index (χ1v) is 7.92. The van der Waals surface area contributed by atoms with Crippen molar-refractivity contribution in [3.05, 3.63) is 30.1 Å². The van der Waals surface area contributed by atoms with Crippen LogP contribution in [0.5, 0.6) is 0 Å². The molecule has 1 saturated heterocycles. The van der Waals surface area contributed by atoms with Crippen molar-refractivity contribution in [3.63, 3.8) is 0 Å². The molecule has 0 saturated carbocycles. The maximum Gasteiger partial charge on any atom is 0.243 e. The number of morpholine rings is 1. The Bertz CT molecular complexity index is 577. The van der Waals surface area contributed by atoms with Gasteiger partial charge in [-0.2, -0.15) is 4.31 Å². The van der Waals surface area contributed by atoms with Crippen molar-refractivity contribution in [2.45, 2.75) is 43.8 Å². The number of ether oxygens (including phenoxy) is 1. The largest absolute Gasteiger partial charge is 0.367 e. The van der Waals surface area contributed by atoms with E-state index in [1.165, 1.54) is 16.4 Å². The predicted octanol–water partition coefficient (Wildman–Crippen LogP) is 2.40. The molecule has 4 nitrogen and oxygen atoms in total. The summed E-state index contributed by atoms with van der Waals surface area (Å²) >= 11 is 0. The molecule has 1 aromatic carbocycles. The summed E-state index contributed by atoms with van der Waals surface area (Å²) in [6.07, 6.45) is 0. The lowest BCUT2D eigenvalue weighted by atomic mass is 10.0. The van der Waals surface area contributed by atoms with E-state index in [1.54, 1.807) is 0 Å². The molecule has 2 rings (SSSR count). The fourth-order valence-corrected chi connectivity index (χ4v) is 4.38. The summed E-state index contributed by atoms with van der Waals surface area (Å²) < 4.78 is 45.5. The van der Waals surface area contributed by atoms with Gasteiger partial charge in [0, 0.05) is 13.1 Å². The predicted molar refractivity (Wildman–Crippen MR) is 74.4 cm³/mol. The first-order chi connectivity index (χ1) is 9.02. The molecule has 0 aliphatic carbocycles. The van der Waals surface area contributed by atoms with E-state index in [-0.39, 0.29) is 18.0 Å². The van der Waals surface area contributed by atoms with E-state index in [4.69, 9.17) is 4.74 Å². The molecule has 112 valence electrons. The number of nitrogens with zero attached hydrogens (tertiary/aromatic N) is 1. The Balaban J connectivity index is 2.36. The first-order valence-electron chi connectivity index (χ1n) is 6.48. The monoisotopic (exact) mass is 301 g/mol. The molecule has 0 amide bonds. The smallest absolute Gasteiger partial charge is 0.243 e. The van der Waals surface area contributed by atoms with Crippen LogP contribution in [0.3, 0.4) is 0 Å².